The van der Waals surface area contributed by atoms with Crippen LogP contribution in [0.15, 0.2) is 59.7 Å². The van der Waals surface area contributed by atoms with E-state index in [1.54, 1.807) is 21.3 Å². The largest absolute Gasteiger partial charge is 0.497 e. The lowest BCUT2D eigenvalue weighted by atomic mass is 9.94. The molecule has 1 aliphatic heterocycles. The second-order valence-corrected chi connectivity index (χ2v) is 7.11. The maximum atomic E-state index is 12.5. The van der Waals surface area contributed by atoms with Crippen molar-refractivity contribution in [1.82, 2.24) is 5.01 Å². The Bertz CT molecular complexity index is 1140. The summed E-state index contributed by atoms with van der Waals surface area (Å²) in [7, 11) is 4.88. The van der Waals surface area contributed by atoms with E-state index in [4.69, 9.17) is 14.2 Å². The lowest BCUT2D eigenvalue weighted by Crippen LogP contribution is -2.24. The van der Waals surface area contributed by atoms with Crippen molar-refractivity contribution in [1.29, 1.82) is 0 Å². The number of rotatable bonds is 5. The minimum absolute atomic E-state index is 0.127. The summed E-state index contributed by atoms with van der Waals surface area (Å²) >= 11 is 0. The first-order valence-corrected chi connectivity index (χ1v) is 9.72. The highest BCUT2D eigenvalue weighted by Gasteiger charge is 2.34. The number of carbonyl (C=O) groups excluding carboxylic acids is 1. The van der Waals surface area contributed by atoms with Crippen molar-refractivity contribution in [2.75, 3.05) is 21.3 Å². The summed E-state index contributed by atoms with van der Waals surface area (Å²) in [5.41, 5.74) is 2.55. The average molecular weight is 404 g/mol. The lowest BCUT2D eigenvalue weighted by Gasteiger charge is -2.23. The third kappa shape index (κ3) is 3.34. The fourth-order valence-corrected chi connectivity index (χ4v) is 3.99. The number of hydrogen-bond donors (Lipinski definition) is 0. The molecule has 0 saturated carbocycles. The van der Waals surface area contributed by atoms with Gasteiger partial charge in [-0.2, -0.15) is 5.10 Å². The van der Waals surface area contributed by atoms with Gasteiger partial charge in [-0.1, -0.05) is 36.4 Å². The summed E-state index contributed by atoms with van der Waals surface area (Å²) in [5, 5.41) is 8.29. The third-order valence-corrected chi connectivity index (χ3v) is 5.43. The SMILES string of the molecule is COc1ccc(C2=NN(C(C)=O)[C@@H](c3ccc4ccccc4c3OC)C2)c(OC)c1. The summed E-state index contributed by atoms with van der Waals surface area (Å²) < 4.78 is 16.6. The molecule has 0 unspecified atom stereocenters. The van der Waals surface area contributed by atoms with Gasteiger partial charge in [-0.25, -0.2) is 5.01 Å². The minimum Gasteiger partial charge on any atom is -0.497 e. The zero-order valence-corrected chi connectivity index (χ0v) is 17.5. The Kier molecular flexibility index (Phi) is 5.31. The van der Waals surface area contributed by atoms with Crippen LogP contribution < -0.4 is 14.2 Å². The standard InChI is InChI=1S/C24H24N2O4/c1-15(27)26-22(20-11-9-16-7-5-6-8-18(16)24(20)30-4)14-21(25-26)19-12-10-17(28-2)13-23(19)29-3/h5-13,22H,14H2,1-4H3/t22-/m1/s1. The molecule has 154 valence electrons. The maximum absolute atomic E-state index is 12.5. The Labute approximate surface area is 175 Å². The molecule has 0 fully saturated rings. The van der Waals surface area contributed by atoms with Crippen LogP contribution in [0, 0.1) is 0 Å². The molecule has 1 atom stereocenters. The number of benzene rings is 3. The van der Waals surface area contributed by atoms with E-state index in [9.17, 15) is 4.79 Å². The molecule has 6 nitrogen and oxygen atoms in total. The van der Waals surface area contributed by atoms with E-state index in [2.05, 4.69) is 11.2 Å². The van der Waals surface area contributed by atoms with Crippen LogP contribution in [0.2, 0.25) is 0 Å². The third-order valence-electron chi connectivity index (χ3n) is 5.43. The number of methoxy groups -OCH3 is 3. The number of carbonyl (C=O) groups is 1. The van der Waals surface area contributed by atoms with Crippen LogP contribution in [0.4, 0.5) is 0 Å². The average Bonchev–Trinajstić information content (AvgIpc) is 3.23. The van der Waals surface area contributed by atoms with E-state index in [0.717, 1.165) is 33.4 Å². The summed E-state index contributed by atoms with van der Waals surface area (Å²) in [4.78, 5) is 12.5. The first-order valence-electron chi connectivity index (χ1n) is 9.72. The molecular formula is C24H24N2O4. The van der Waals surface area contributed by atoms with Gasteiger partial charge >= 0.3 is 0 Å². The normalized spacial score (nSPS) is 15.8. The van der Waals surface area contributed by atoms with Crippen LogP contribution >= 0.6 is 0 Å². The van der Waals surface area contributed by atoms with Crippen LogP contribution in [0.3, 0.4) is 0 Å². The van der Waals surface area contributed by atoms with Crippen LogP contribution in [0.1, 0.15) is 30.5 Å². The van der Waals surface area contributed by atoms with Gasteiger partial charge in [0.15, 0.2) is 0 Å². The molecule has 0 aromatic heterocycles. The zero-order chi connectivity index (χ0) is 21.3. The second-order valence-electron chi connectivity index (χ2n) is 7.11. The van der Waals surface area contributed by atoms with Crippen molar-refractivity contribution < 1.29 is 19.0 Å². The van der Waals surface area contributed by atoms with Gasteiger partial charge in [-0.3, -0.25) is 4.79 Å². The Morgan fingerprint density at radius 1 is 1.00 bits per heavy atom. The highest BCUT2D eigenvalue weighted by atomic mass is 16.5. The first kappa shape index (κ1) is 19.8. The van der Waals surface area contributed by atoms with Gasteiger partial charge in [0.05, 0.1) is 33.1 Å². The van der Waals surface area contributed by atoms with Gasteiger partial charge in [-0.05, 0) is 17.5 Å². The van der Waals surface area contributed by atoms with Gasteiger partial charge in [0.1, 0.15) is 17.2 Å². The molecule has 1 heterocycles. The van der Waals surface area contributed by atoms with Crippen LogP contribution in [0.5, 0.6) is 17.2 Å². The molecule has 3 aromatic rings. The Morgan fingerprint density at radius 3 is 2.50 bits per heavy atom. The highest BCUT2D eigenvalue weighted by molar-refractivity contribution is 6.05. The molecule has 0 spiro atoms. The Balaban J connectivity index is 1.79. The van der Waals surface area contributed by atoms with Crippen LogP contribution in [-0.2, 0) is 4.79 Å². The van der Waals surface area contributed by atoms with Crippen molar-refractivity contribution in [2.45, 2.75) is 19.4 Å². The van der Waals surface area contributed by atoms with Crippen molar-refractivity contribution >= 4 is 22.4 Å². The highest BCUT2D eigenvalue weighted by Crippen LogP contribution is 2.42. The number of hydrogen-bond acceptors (Lipinski definition) is 5. The lowest BCUT2D eigenvalue weighted by molar-refractivity contribution is -0.130. The van der Waals surface area contributed by atoms with Crippen molar-refractivity contribution in [3.63, 3.8) is 0 Å². The van der Waals surface area contributed by atoms with E-state index >= 15 is 0 Å². The predicted octanol–water partition coefficient (Wildman–Crippen LogP) is 4.56. The van der Waals surface area contributed by atoms with E-state index in [1.807, 2.05) is 48.5 Å². The molecule has 0 saturated heterocycles. The second kappa shape index (κ2) is 8.06. The molecular weight excluding hydrogens is 380 g/mol. The molecule has 0 bridgehead atoms. The topological polar surface area (TPSA) is 60.4 Å². The first-order chi connectivity index (χ1) is 14.6. The molecule has 1 aliphatic rings. The smallest absolute Gasteiger partial charge is 0.240 e. The van der Waals surface area contributed by atoms with E-state index in [-0.39, 0.29) is 11.9 Å². The molecule has 3 aromatic carbocycles. The summed E-state index contributed by atoms with van der Waals surface area (Å²) in [6.45, 7) is 1.53. The van der Waals surface area contributed by atoms with Crippen molar-refractivity contribution in [2.24, 2.45) is 5.10 Å². The molecule has 6 heteroatoms. The molecule has 0 aliphatic carbocycles. The Hall–Kier alpha value is -3.54. The molecule has 30 heavy (non-hydrogen) atoms. The van der Waals surface area contributed by atoms with Crippen molar-refractivity contribution in [3.05, 3.63) is 65.7 Å². The van der Waals surface area contributed by atoms with E-state index in [0.29, 0.717) is 17.9 Å². The number of nitrogens with zero attached hydrogens (tertiary/aromatic N) is 2. The Morgan fingerprint density at radius 2 is 1.80 bits per heavy atom. The van der Waals surface area contributed by atoms with Gasteiger partial charge in [0, 0.05) is 35.9 Å². The number of ether oxygens (including phenoxy) is 3. The van der Waals surface area contributed by atoms with E-state index < -0.39 is 0 Å². The summed E-state index contributed by atoms with van der Waals surface area (Å²) in [6.07, 6.45) is 0.553. The molecule has 0 N–H and O–H groups in total. The summed E-state index contributed by atoms with van der Waals surface area (Å²) in [5.74, 6) is 1.99. The fourth-order valence-electron chi connectivity index (χ4n) is 3.99. The predicted molar refractivity (Wildman–Crippen MR) is 116 cm³/mol. The molecule has 0 radical (unpaired) electrons. The van der Waals surface area contributed by atoms with Gasteiger partial charge < -0.3 is 14.2 Å². The van der Waals surface area contributed by atoms with Gasteiger partial charge in [0.2, 0.25) is 5.91 Å². The van der Waals surface area contributed by atoms with E-state index in [1.165, 1.54) is 11.9 Å². The van der Waals surface area contributed by atoms with Crippen LogP contribution in [-0.4, -0.2) is 38.0 Å². The fraction of sp³-hybridized carbons (Fsp3) is 0.250. The maximum Gasteiger partial charge on any atom is 0.240 e. The number of hydrazone groups is 1. The molecule has 1 amide bonds. The van der Waals surface area contributed by atoms with Crippen molar-refractivity contribution in [3.8, 4) is 17.2 Å². The molecule has 4 rings (SSSR count). The van der Waals surface area contributed by atoms with Crippen LogP contribution in [0.25, 0.3) is 10.8 Å². The zero-order valence-electron chi connectivity index (χ0n) is 17.5. The number of fused-ring (bicyclic) bond motifs is 1. The summed E-state index contributed by atoms with van der Waals surface area (Å²) in [6, 6.07) is 17.5. The van der Waals surface area contributed by atoms with Gasteiger partial charge in [-0.15, -0.1) is 0 Å². The monoisotopic (exact) mass is 404 g/mol. The number of amides is 1. The van der Waals surface area contributed by atoms with Gasteiger partial charge in [0.25, 0.3) is 0 Å². The quantitative estimate of drug-likeness (QED) is 0.625. The minimum atomic E-state index is -0.260.